The summed E-state index contributed by atoms with van der Waals surface area (Å²) in [6.07, 6.45) is 13.8. The highest BCUT2D eigenvalue weighted by atomic mass is 16.5. The van der Waals surface area contributed by atoms with Gasteiger partial charge in [0.2, 0.25) is 5.88 Å². The summed E-state index contributed by atoms with van der Waals surface area (Å²) in [5.41, 5.74) is 6.82. The van der Waals surface area contributed by atoms with Gasteiger partial charge in [0, 0.05) is 60.4 Å². The Morgan fingerprint density at radius 2 is 2.09 bits per heavy atom. The molecule has 0 atom stereocenters. The number of allylic oxidation sites excluding steroid dienone is 5. The first-order valence-corrected chi connectivity index (χ1v) is 11.5. The number of hydrogen-bond donors (Lipinski definition) is 0. The van der Waals surface area contributed by atoms with Crippen molar-refractivity contribution < 1.29 is 9.53 Å². The molecule has 6 nitrogen and oxygen atoms in total. The van der Waals surface area contributed by atoms with Gasteiger partial charge >= 0.3 is 0 Å². The summed E-state index contributed by atoms with van der Waals surface area (Å²) in [7, 11) is 1.59. The summed E-state index contributed by atoms with van der Waals surface area (Å²) < 4.78 is 5.17. The highest BCUT2D eigenvalue weighted by Crippen LogP contribution is 2.34. The van der Waals surface area contributed by atoms with Crippen LogP contribution in [0.25, 0.3) is 11.1 Å². The number of fused-ring (bicyclic) bond motifs is 1. The van der Waals surface area contributed by atoms with Crippen molar-refractivity contribution in [1.82, 2.24) is 14.9 Å². The number of hydrogen-bond acceptors (Lipinski definition) is 5. The molecular weight excluding hydrogens is 412 g/mol. The van der Waals surface area contributed by atoms with Gasteiger partial charge in [-0.15, -0.1) is 0 Å². The normalized spacial score (nSPS) is 16.9. The topological polar surface area (TPSA) is 67.7 Å². The summed E-state index contributed by atoms with van der Waals surface area (Å²) in [5.74, 6) is 1.11. The largest absolute Gasteiger partial charge is 0.481 e. The van der Waals surface area contributed by atoms with E-state index in [0.717, 1.165) is 41.9 Å². The Hall–Kier alpha value is -3.54. The van der Waals surface area contributed by atoms with Gasteiger partial charge in [-0.25, -0.2) is 4.98 Å². The lowest BCUT2D eigenvalue weighted by Gasteiger charge is -2.24. The Labute approximate surface area is 194 Å². The van der Waals surface area contributed by atoms with Gasteiger partial charge in [0.25, 0.3) is 5.91 Å². The van der Waals surface area contributed by atoms with Crippen molar-refractivity contribution in [3.05, 3.63) is 77.4 Å². The number of amides is 1. The maximum Gasteiger partial charge on any atom is 0.273 e. The third-order valence-corrected chi connectivity index (χ3v) is 6.45. The van der Waals surface area contributed by atoms with Crippen LogP contribution in [0.2, 0.25) is 0 Å². The Morgan fingerprint density at radius 3 is 2.85 bits per heavy atom. The van der Waals surface area contributed by atoms with E-state index in [2.05, 4.69) is 35.1 Å². The summed E-state index contributed by atoms with van der Waals surface area (Å²) in [4.78, 5) is 29.3. The van der Waals surface area contributed by atoms with Gasteiger partial charge in [-0.05, 0) is 49.8 Å². The van der Waals surface area contributed by atoms with E-state index in [0.29, 0.717) is 24.0 Å². The van der Waals surface area contributed by atoms with Crippen LogP contribution in [0.5, 0.6) is 5.88 Å². The molecule has 2 aliphatic carbocycles. The first kappa shape index (κ1) is 21.3. The average Bonchev–Trinajstić information content (AvgIpc) is 3.62. The van der Waals surface area contributed by atoms with Crippen LogP contribution >= 0.6 is 0 Å². The van der Waals surface area contributed by atoms with Crippen molar-refractivity contribution >= 4 is 11.6 Å². The van der Waals surface area contributed by atoms with Gasteiger partial charge in [0.1, 0.15) is 5.69 Å². The molecular formula is C27H28N4O2. The number of rotatable bonds is 8. The summed E-state index contributed by atoms with van der Waals surface area (Å²) in [6, 6.07) is 7.51. The molecule has 0 radical (unpaired) electrons. The summed E-state index contributed by atoms with van der Waals surface area (Å²) in [6.45, 7) is 3.50. The highest BCUT2D eigenvalue weighted by molar-refractivity contribution is 6.08. The minimum absolute atomic E-state index is 0.0248. The lowest BCUT2D eigenvalue weighted by atomic mass is 9.94. The Morgan fingerprint density at radius 1 is 1.21 bits per heavy atom. The molecule has 5 rings (SSSR count). The Kier molecular flexibility index (Phi) is 5.90. The van der Waals surface area contributed by atoms with Crippen molar-refractivity contribution in [3.63, 3.8) is 0 Å². The van der Waals surface area contributed by atoms with Crippen LogP contribution in [0.3, 0.4) is 0 Å². The van der Waals surface area contributed by atoms with E-state index in [1.165, 1.54) is 24.0 Å². The van der Waals surface area contributed by atoms with Crippen LogP contribution < -0.4 is 4.74 Å². The first-order chi connectivity index (χ1) is 16.1. The second-order valence-corrected chi connectivity index (χ2v) is 8.77. The molecule has 3 heterocycles. The van der Waals surface area contributed by atoms with E-state index >= 15 is 0 Å². The predicted molar refractivity (Wildman–Crippen MR) is 129 cm³/mol. The molecule has 2 aromatic heterocycles. The smallest absolute Gasteiger partial charge is 0.273 e. The van der Waals surface area contributed by atoms with Gasteiger partial charge in [-0.3, -0.25) is 14.8 Å². The molecule has 33 heavy (non-hydrogen) atoms. The van der Waals surface area contributed by atoms with Crippen molar-refractivity contribution in [3.8, 4) is 17.0 Å². The number of carbonyl (C=O) groups is 1. The molecule has 1 amide bonds. The Balaban J connectivity index is 1.39. The average molecular weight is 441 g/mol. The van der Waals surface area contributed by atoms with Gasteiger partial charge in [0.05, 0.1) is 12.8 Å². The van der Waals surface area contributed by atoms with Crippen LogP contribution in [0, 0.1) is 5.92 Å². The second-order valence-electron chi connectivity index (χ2n) is 8.77. The number of aliphatic imine (C=N–C) groups is 1. The molecule has 2 aromatic rings. The summed E-state index contributed by atoms with van der Waals surface area (Å²) in [5, 5.41) is 0. The van der Waals surface area contributed by atoms with Gasteiger partial charge < -0.3 is 9.64 Å². The summed E-state index contributed by atoms with van der Waals surface area (Å²) >= 11 is 0. The quantitative estimate of drug-likeness (QED) is 0.579. The number of carbonyl (C=O) groups excluding carboxylic acids is 1. The molecule has 1 fully saturated rings. The zero-order valence-electron chi connectivity index (χ0n) is 19.1. The zero-order chi connectivity index (χ0) is 22.8. The van der Waals surface area contributed by atoms with E-state index in [9.17, 15) is 4.79 Å². The Bertz CT molecular complexity index is 1190. The van der Waals surface area contributed by atoms with Crippen molar-refractivity contribution in [2.45, 2.75) is 32.6 Å². The minimum Gasteiger partial charge on any atom is -0.481 e. The van der Waals surface area contributed by atoms with E-state index < -0.39 is 0 Å². The standard InChI is InChI=1S/C27H28N4O2/c1-18-21(23-6-3-4-8-24(23)30-18)13-15-31(17-19-9-10-19)27(32)26-22(7-5-14-28-26)20-11-12-25(33-2)29-16-20/h3-7,11-12,14,16,19H,8-10,13,15,17H2,1-2H3. The molecule has 0 N–H and O–H groups in total. The zero-order valence-corrected chi connectivity index (χ0v) is 19.1. The van der Waals surface area contributed by atoms with Crippen LogP contribution in [0.15, 0.2) is 76.7 Å². The molecule has 6 heteroatoms. The van der Waals surface area contributed by atoms with Crippen LogP contribution in [0.1, 0.15) is 43.1 Å². The fourth-order valence-corrected chi connectivity index (χ4v) is 4.46. The van der Waals surface area contributed by atoms with Crippen molar-refractivity contribution in [2.24, 2.45) is 10.9 Å². The number of pyridine rings is 2. The van der Waals surface area contributed by atoms with E-state index in [1.54, 1.807) is 25.6 Å². The lowest BCUT2D eigenvalue weighted by molar-refractivity contribution is 0.0744. The fourth-order valence-electron chi connectivity index (χ4n) is 4.46. The molecule has 1 aliphatic heterocycles. The molecule has 0 spiro atoms. The molecule has 0 saturated heterocycles. The van der Waals surface area contributed by atoms with Gasteiger partial charge in [0.15, 0.2) is 0 Å². The minimum atomic E-state index is -0.0248. The van der Waals surface area contributed by atoms with Crippen LogP contribution in [0.4, 0.5) is 0 Å². The van der Waals surface area contributed by atoms with Crippen molar-refractivity contribution in [2.75, 3.05) is 20.2 Å². The third kappa shape index (κ3) is 4.51. The maximum atomic E-state index is 13.7. The molecule has 0 aromatic carbocycles. The van der Waals surface area contributed by atoms with E-state index in [4.69, 9.17) is 9.73 Å². The molecule has 1 saturated carbocycles. The predicted octanol–water partition coefficient (Wildman–Crippen LogP) is 5.01. The highest BCUT2D eigenvalue weighted by Gasteiger charge is 2.30. The van der Waals surface area contributed by atoms with Gasteiger partial charge in [-0.1, -0.05) is 24.3 Å². The number of ether oxygens (including phenoxy) is 1. The number of aromatic nitrogens is 2. The molecule has 0 unspecified atom stereocenters. The monoisotopic (exact) mass is 440 g/mol. The molecule has 168 valence electrons. The SMILES string of the molecule is COc1ccc(-c2cccnc2C(=O)N(CCC2=C(C)N=C3CC=CC=C32)CC2CC2)cn1. The van der Waals surface area contributed by atoms with Crippen LogP contribution in [-0.4, -0.2) is 46.7 Å². The maximum absolute atomic E-state index is 13.7. The number of methoxy groups -OCH3 is 1. The third-order valence-electron chi connectivity index (χ3n) is 6.45. The van der Waals surface area contributed by atoms with Crippen molar-refractivity contribution in [1.29, 1.82) is 0 Å². The molecule has 0 bridgehead atoms. The number of nitrogens with zero attached hydrogens (tertiary/aromatic N) is 4. The van der Waals surface area contributed by atoms with Crippen LogP contribution in [-0.2, 0) is 0 Å². The van der Waals surface area contributed by atoms with E-state index in [1.807, 2.05) is 23.1 Å². The van der Waals surface area contributed by atoms with Gasteiger partial charge in [-0.2, -0.15) is 0 Å². The fraction of sp³-hybridized carbons (Fsp3) is 0.333. The second kappa shape index (κ2) is 9.14. The van der Waals surface area contributed by atoms with E-state index in [-0.39, 0.29) is 5.91 Å². The molecule has 3 aliphatic rings. The lowest BCUT2D eigenvalue weighted by Crippen LogP contribution is -2.35. The first-order valence-electron chi connectivity index (χ1n) is 11.5.